The topological polar surface area (TPSA) is 33.3 Å². The van der Waals surface area contributed by atoms with Gasteiger partial charge in [-0.15, -0.1) is 0 Å². The van der Waals surface area contributed by atoms with Crippen LogP contribution in [0.2, 0.25) is 0 Å². The maximum atomic E-state index is 5.56. The molecular formula is C30H38N2O. The Morgan fingerprint density at radius 3 is 2.21 bits per heavy atom. The van der Waals surface area contributed by atoms with Crippen LogP contribution in [0.5, 0.6) is 5.75 Å². The van der Waals surface area contributed by atoms with E-state index in [1.807, 2.05) is 0 Å². The van der Waals surface area contributed by atoms with Crippen LogP contribution >= 0.6 is 0 Å². The first-order chi connectivity index (χ1) is 16.2. The lowest BCUT2D eigenvalue weighted by Gasteiger charge is -2.57. The number of benzene rings is 2. The molecule has 2 atom stereocenters. The van der Waals surface area contributed by atoms with Crippen LogP contribution in [0, 0.1) is 23.7 Å². The number of hydrogen-bond acceptors (Lipinski definition) is 3. The van der Waals surface area contributed by atoms with E-state index in [1.165, 1.54) is 80.2 Å². The van der Waals surface area contributed by atoms with Gasteiger partial charge in [0.1, 0.15) is 5.75 Å². The molecule has 0 unspecified atom stereocenters. The summed E-state index contributed by atoms with van der Waals surface area (Å²) in [7, 11) is 1.78. The number of hydrogen-bond donors (Lipinski definition) is 2. The van der Waals surface area contributed by atoms with Crippen LogP contribution < -0.4 is 15.4 Å². The van der Waals surface area contributed by atoms with Crippen molar-refractivity contribution in [2.45, 2.75) is 81.8 Å². The van der Waals surface area contributed by atoms with Gasteiger partial charge in [-0.3, -0.25) is 0 Å². The molecule has 4 bridgehead atoms. The summed E-state index contributed by atoms with van der Waals surface area (Å²) < 4.78 is 5.56. The molecule has 5 fully saturated rings. The van der Waals surface area contributed by atoms with E-state index in [0.717, 1.165) is 35.8 Å². The van der Waals surface area contributed by atoms with Gasteiger partial charge in [0.05, 0.1) is 13.2 Å². The van der Waals surface area contributed by atoms with Crippen molar-refractivity contribution in [3.05, 3.63) is 59.2 Å². The summed E-state index contributed by atoms with van der Waals surface area (Å²) in [5, 5.41) is 8.11. The van der Waals surface area contributed by atoms with Crippen molar-refractivity contribution in [2.75, 3.05) is 12.4 Å². The molecule has 3 heteroatoms. The molecule has 2 aromatic rings. The van der Waals surface area contributed by atoms with Crippen molar-refractivity contribution >= 4 is 5.69 Å². The van der Waals surface area contributed by atoms with Crippen LogP contribution in [0.25, 0.3) is 0 Å². The van der Waals surface area contributed by atoms with Gasteiger partial charge in [-0.1, -0.05) is 24.6 Å². The molecule has 2 N–H and O–H groups in total. The molecule has 3 nitrogen and oxygen atoms in total. The highest BCUT2D eigenvalue weighted by Gasteiger charge is 2.50. The molecule has 6 aliphatic rings. The smallest absolute Gasteiger partial charge is 0.119 e. The first-order valence-corrected chi connectivity index (χ1v) is 13.5. The van der Waals surface area contributed by atoms with Crippen LogP contribution in [0.15, 0.2) is 42.5 Å². The fourth-order valence-electron chi connectivity index (χ4n) is 8.52. The van der Waals surface area contributed by atoms with Gasteiger partial charge >= 0.3 is 0 Å². The number of ether oxygens (including phenoxy) is 1. The third-order valence-electron chi connectivity index (χ3n) is 9.89. The van der Waals surface area contributed by atoms with Crippen molar-refractivity contribution in [3.8, 4) is 5.75 Å². The Hall–Kier alpha value is -2.00. The zero-order valence-corrected chi connectivity index (χ0v) is 20.0. The average Bonchev–Trinajstić information content (AvgIpc) is 2.76. The molecule has 5 aliphatic carbocycles. The van der Waals surface area contributed by atoms with Gasteiger partial charge in [0.2, 0.25) is 0 Å². The van der Waals surface area contributed by atoms with Crippen LogP contribution in [0.3, 0.4) is 0 Å². The van der Waals surface area contributed by atoms with E-state index in [-0.39, 0.29) is 6.04 Å². The Labute approximate surface area is 198 Å². The van der Waals surface area contributed by atoms with E-state index in [2.05, 4.69) is 53.1 Å². The highest BCUT2D eigenvalue weighted by molar-refractivity contribution is 5.51. The quantitative estimate of drug-likeness (QED) is 0.556. The van der Waals surface area contributed by atoms with Gasteiger partial charge < -0.3 is 15.4 Å². The minimum Gasteiger partial charge on any atom is -0.497 e. The summed E-state index contributed by atoms with van der Waals surface area (Å²) in [4.78, 5) is 0. The molecule has 2 aromatic carbocycles. The summed E-state index contributed by atoms with van der Waals surface area (Å²) >= 11 is 0. The van der Waals surface area contributed by atoms with E-state index in [0.29, 0.717) is 11.6 Å². The Balaban J connectivity index is 1.14. The zero-order valence-electron chi connectivity index (χ0n) is 20.0. The van der Waals surface area contributed by atoms with Gasteiger partial charge in [0, 0.05) is 17.3 Å². The number of fused-ring (bicyclic) bond motifs is 1. The van der Waals surface area contributed by atoms with Crippen molar-refractivity contribution in [1.82, 2.24) is 5.32 Å². The van der Waals surface area contributed by atoms with Gasteiger partial charge in [0.15, 0.2) is 0 Å². The molecule has 33 heavy (non-hydrogen) atoms. The maximum absolute atomic E-state index is 5.56. The highest BCUT2D eigenvalue weighted by Crippen LogP contribution is 2.56. The Morgan fingerprint density at radius 1 is 0.909 bits per heavy atom. The second kappa shape index (κ2) is 7.77. The van der Waals surface area contributed by atoms with Crippen molar-refractivity contribution in [1.29, 1.82) is 0 Å². The number of methoxy groups -OCH3 is 1. The summed E-state index contributed by atoms with van der Waals surface area (Å²) in [6, 6.07) is 17.0. The van der Waals surface area contributed by atoms with Crippen LogP contribution in [0.4, 0.5) is 5.69 Å². The second-order valence-corrected chi connectivity index (χ2v) is 12.1. The van der Waals surface area contributed by atoms with Gasteiger partial charge in [-0.05, 0) is 122 Å². The highest BCUT2D eigenvalue weighted by atomic mass is 16.5. The van der Waals surface area contributed by atoms with Gasteiger partial charge in [-0.2, -0.15) is 0 Å². The summed E-state index contributed by atoms with van der Waals surface area (Å²) in [5.74, 6) is 4.74. The van der Waals surface area contributed by atoms with E-state index in [9.17, 15) is 0 Å². The van der Waals surface area contributed by atoms with Crippen LogP contribution in [0.1, 0.15) is 80.5 Å². The van der Waals surface area contributed by atoms with Crippen molar-refractivity contribution in [2.24, 2.45) is 23.7 Å². The molecule has 1 heterocycles. The standard InChI is InChI=1S/C30H38N2O/c1-33-26-9-10-27-24(14-26)15-28(22-3-2-4-22)31-29(27)23-5-7-25(8-6-23)32-30-16-19-11-20(17-30)13-21(12-19)18-30/h5-10,14,19-22,28-29,31-32H,2-4,11-13,15-18H2,1H3/t19?,20?,21?,28-,29+,30?/m1/s1. The predicted molar refractivity (Wildman–Crippen MR) is 134 cm³/mol. The monoisotopic (exact) mass is 442 g/mol. The normalized spacial score (nSPS) is 36.8. The van der Waals surface area contributed by atoms with Crippen molar-refractivity contribution < 1.29 is 4.74 Å². The van der Waals surface area contributed by atoms with E-state index in [4.69, 9.17) is 4.74 Å². The molecule has 1 aliphatic heterocycles. The average molecular weight is 443 g/mol. The predicted octanol–water partition coefficient (Wildman–Crippen LogP) is 6.48. The third-order valence-corrected chi connectivity index (χ3v) is 9.89. The molecule has 5 saturated carbocycles. The van der Waals surface area contributed by atoms with Gasteiger partial charge in [-0.25, -0.2) is 0 Å². The molecule has 0 amide bonds. The molecule has 0 aromatic heterocycles. The molecule has 8 rings (SSSR count). The summed E-state index contributed by atoms with van der Waals surface area (Å²) in [5.41, 5.74) is 5.97. The first-order valence-electron chi connectivity index (χ1n) is 13.5. The Bertz CT molecular complexity index is 989. The molecule has 0 spiro atoms. The van der Waals surface area contributed by atoms with Crippen LogP contribution in [-0.2, 0) is 6.42 Å². The fourth-order valence-corrected chi connectivity index (χ4v) is 8.52. The Kier molecular flexibility index (Phi) is 4.80. The molecule has 0 radical (unpaired) electrons. The lowest BCUT2D eigenvalue weighted by molar-refractivity contribution is 0.0107. The largest absolute Gasteiger partial charge is 0.497 e. The SMILES string of the molecule is COc1ccc2c(c1)C[C@H](C1CCC1)N[C@H]2c1ccc(NC23CC4CC(CC(C4)C2)C3)cc1. The number of rotatable bonds is 5. The Morgan fingerprint density at radius 2 is 1.61 bits per heavy atom. The third kappa shape index (κ3) is 3.58. The lowest BCUT2D eigenvalue weighted by atomic mass is 9.53. The molecular weight excluding hydrogens is 404 g/mol. The molecule has 174 valence electrons. The molecule has 0 saturated heterocycles. The minimum absolute atomic E-state index is 0.277. The maximum Gasteiger partial charge on any atom is 0.119 e. The minimum atomic E-state index is 0.277. The van der Waals surface area contributed by atoms with Gasteiger partial charge in [0.25, 0.3) is 0 Å². The van der Waals surface area contributed by atoms with Crippen LogP contribution in [-0.4, -0.2) is 18.7 Å². The number of anilines is 1. The number of nitrogens with one attached hydrogen (secondary N) is 2. The second-order valence-electron chi connectivity index (χ2n) is 12.1. The lowest BCUT2D eigenvalue weighted by Crippen LogP contribution is -2.54. The fraction of sp³-hybridized carbons (Fsp3) is 0.600. The van der Waals surface area contributed by atoms with E-state index in [1.54, 1.807) is 7.11 Å². The van der Waals surface area contributed by atoms with E-state index < -0.39 is 0 Å². The summed E-state index contributed by atoms with van der Waals surface area (Å²) in [6.07, 6.45) is 13.9. The first kappa shape index (κ1) is 20.4. The summed E-state index contributed by atoms with van der Waals surface area (Å²) in [6.45, 7) is 0. The zero-order chi connectivity index (χ0) is 22.0. The van der Waals surface area contributed by atoms with E-state index >= 15 is 0 Å². The van der Waals surface area contributed by atoms with Crippen molar-refractivity contribution in [3.63, 3.8) is 0 Å².